The molecule has 0 radical (unpaired) electrons. The van der Waals surface area contributed by atoms with E-state index in [1.165, 1.54) is 24.9 Å². The molecule has 0 unspecified atom stereocenters. The Morgan fingerprint density at radius 3 is 2.89 bits per heavy atom. The molecule has 1 aromatic carbocycles. The van der Waals surface area contributed by atoms with Crippen LogP contribution in [0.5, 0.6) is 11.5 Å². The van der Waals surface area contributed by atoms with Gasteiger partial charge in [0.05, 0.1) is 13.7 Å². The Bertz CT molecular complexity index is 634. The van der Waals surface area contributed by atoms with E-state index in [4.69, 9.17) is 9.47 Å². The van der Waals surface area contributed by atoms with Crippen molar-refractivity contribution in [1.29, 1.82) is 0 Å². The largest absolute Gasteiger partial charge is 0.493 e. The summed E-state index contributed by atoms with van der Waals surface area (Å²) in [5.74, 6) is 1.63. The molecule has 3 rings (SSSR count). The Kier molecular flexibility index (Phi) is 7.16. The minimum absolute atomic E-state index is 0.244. The molecule has 0 aliphatic carbocycles. The third kappa shape index (κ3) is 4.65. The number of benzene rings is 1. The highest BCUT2D eigenvalue weighted by molar-refractivity contribution is 5.50. The van der Waals surface area contributed by atoms with Crippen LogP contribution in [0.25, 0.3) is 0 Å². The molecule has 5 nitrogen and oxygen atoms in total. The standard InChI is InChI=1S/C22H34N2O3/c1-4-7-18-12-17(13-21(26-3)22(18)27-5-2)14-24-16-19-8-6-10-23(19)15-20(24)9-11-25/h4,12-13,19-20,25H,1,5-11,14-16H2,2-3H3/t19-,20+/m1/s1. The van der Waals surface area contributed by atoms with Crippen molar-refractivity contribution in [3.63, 3.8) is 0 Å². The zero-order chi connectivity index (χ0) is 19.2. The van der Waals surface area contributed by atoms with Crippen molar-refractivity contribution in [1.82, 2.24) is 9.80 Å². The number of piperazine rings is 1. The van der Waals surface area contributed by atoms with Crippen LogP contribution in [0.2, 0.25) is 0 Å². The lowest BCUT2D eigenvalue weighted by molar-refractivity contribution is 0.0333. The summed E-state index contributed by atoms with van der Waals surface area (Å²) < 4.78 is 11.5. The van der Waals surface area contributed by atoms with Crippen molar-refractivity contribution in [3.8, 4) is 11.5 Å². The molecule has 5 heteroatoms. The van der Waals surface area contributed by atoms with Crippen molar-refractivity contribution in [2.45, 2.75) is 51.2 Å². The summed E-state index contributed by atoms with van der Waals surface area (Å²) in [5.41, 5.74) is 2.36. The van der Waals surface area contributed by atoms with E-state index in [1.807, 2.05) is 13.0 Å². The minimum atomic E-state index is 0.244. The second-order valence-electron chi connectivity index (χ2n) is 7.60. The minimum Gasteiger partial charge on any atom is -0.493 e. The van der Waals surface area contributed by atoms with Crippen LogP contribution in [0, 0.1) is 0 Å². The fourth-order valence-electron chi connectivity index (χ4n) is 4.58. The molecule has 0 spiro atoms. The predicted octanol–water partition coefficient (Wildman–Crippen LogP) is 2.85. The number of hydrogen-bond acceptors (Lipinski definition) is 5. The monoisotopic (exact) mass is 374 g/mol. The lowest BCUT2D eigenvalue weighted by atomic mass is 10.0. The molecule has 0 saturated carbocycles. The van der Waals surface area contributed by atoms with Crippen LogP contribution < -0.4 is 9.47 Å². The van der Waals surface area contributed by atoms with Gasteiger partial charge in [0, 0.05) is 43.9 Å². The summed E-state index contributed by atoms with van der Waals surface area (Å²) in [6.45, 7) is 11.0. The lowest BCUT2D eigenvalue weighted by Gasteiger charge is -2.43. The van der Waals surface area contributed by atoms with E-state index in [0.29, 0.717) is 18.7 Å². The van der Waals surface area contributed by atoms with Gasteiger partial charge in [0.15, 0.2) is 11.5 Å². The van der Waals surface area contributed by atoms with Gasteiger partial charge in [-0.1, -0.05) is 12.1 Å². The fraction of sp³-hybridized carbons (Fsp3) is 0.636. The van der Waals surface area contributed by atoms with Crippen LogP contribution >= 0.6 is 0 Å². The number of allylic oxidation sites excluding steroid dienone is 1. The van der Waals surface area contributed by atoms with E-state index < -0.39 is 0 Å². The van der Waals surface area contributed by atoms with Gasteiger partial charge in [-0.3, -0.25) is 9.80 Å². The fourth-order valence-corrected chi connectivity index (χ4v) is 4.58. The SMILES string of the molecule is C=CCc1cc(CN2C[C@H]3CCCN3C[C@@H]2CCO)cc(OC)c1OCC. The maximum Gasteiger partial charge on any atom is 0.164 e. The average molecular weight is 375 g/mol. The van der Waals surface area contributed by atoms with Crippen molar-refractivity contribution >= 4 is 0 Å². The molecule has 2 heterocycles. The number of fused-ring (bicyclic) bond motifs is 1. The van der Waals surface area contributed by atoms with Gasteiger partial charge in [-0.2, -0.15) is 0 Å². The zero-order valence-electron chi connectivity index (χ0n) is 16.8. The van der Waals surface area contributed by atoms with Gasteiger partial charge in [0.25, 0.3) is 0 Å². The Morgan fingerprint density at radius 2 is 2.19 bits per heavy atom. The number of ether oxygens (including phenoxy) is 2. The van der Waals surface area contributed by atoms with Crippen molar-refractivity contribution in [2.75, 3.05) is 40.0 Å². The zero-order valence-corrected chi connectivity index (χ0v) is 16.8. The molecule has 1 N–H and O–H groups in total. The van der Waals surface area contributed by atoms with Gasteiger partial charge < -0.3 is 14.6 Å². The van der Waals surface area contributed by atoms with Crippen molar-refractivity contribution in [3.05, 3.63) is 35.9 Å². The van der Waals surface area contributed by atoms with Gasteiger partial charge >= 0.3 is 0 Å². The highest BCUT2D eigenvalue weighted by Crippen LogP contribution is 2.35. The van der Waals surface area contributed by atoms with Crippen molar-refractivity contribution in [2.24, 2.45) is 0 Å². The number of methoxy groups -OCH3 is 1. The topological polar surface area (TPSA) is 45.2 Å². The number of rotatable bonds is 9. The second kappa shape index (κ2) is 9.58. The van der Waals surface area contributed by atoms with E-state index in [1.54, 1.807) is 7.11 Å². The Balaban J connectivity index is 1.83. The Morgan fingerprint density at radius 1 is 1.33 bits per heavy atom. The first-order chi connectivity index (χ1) is 13.2. The molecule has 2 atom stereocenters. The molecule has 150 valence electrons. The highest BCUT2D eigenvalue weighted by atomic mass is 16.5. The summed E-state index contributed by atoms with van der Waals surface area (Å²) in [6.07, 6.45) is 6.08. The van der Waals surface area contributed by atoms with E-state index in [2.05, 4.69) is 28.5 Å². The van der Waals surface area contributed by atoms with E-state index >= 15 is 0 Å². The molecule has 2 aliphatic heterocycles. The normalized spacial score (nSPS) is 23.2. The number of aliphatic hydroxyl groups is 1. The molecule has 1 aromatic rings. The first-order valence-electron chi connectivity index (χ1n) is 10.2. The molecule has 0 aromatic heterocycles. The molecule has 0 amide bonds. The summed E-state index contributed by atoms with van der Waals surface area (Å²) in [4.78, 5) is 5.16. The lowest BCUT2D eigenvalue weighted by Crippen LogP contribution is -2.55. The van der Waals surface area contributed by atoms with Crippen molar-refractivity contribution < 1.29 is 14.6 Å². The second-order valence-corrected chi connectivity index (χ2v) is 7.60. The first kappa shape index (κ1) is 20.2. The molecule has 2 fully saturated rings. The average Bonchev–Trinajstić information content (AvgIpc) is 3.11. The molecule has 0 bridgehead atoms. The Labute approximate surface area is 163 Å². The van der Waals surface area contributed by atoms with Gasteiger partial charge in [-0.05, 0) is 50.8 Å². The maximum atomic E-state index is 9.54. The van der Waals surface area contributed by atoms with Crippen LogP contribution in [0.1, 0.15) is 37.3 Å². The molecule has 2 aliphatic rings. The summed E-state index contributed by atoms with van der Waals surface area (Å²) in [6, 6.07) is 5.41. The van der Waals surface area contributed by atoms with Gasteiger partial charge in [0.1, 0.15) is 0 Å². The number of hydrogen-bond donors (Lipinski definition) is 1. The molecular formula is C22H34N2O3. The van der Waals surface area contributed by atoms with Crippen LogP contribution in [-0.2, 0) is 13.0 Å². The molecule has 2 saturated heterocycles. The van der Waals surface area contributed by atoms with Crippen LogP contribution in [-0.4, -0.2) is 66.9 Å². The number of aliphatic hydroxyl groups excluding tert-OH is 1. The van der Waals surface area contributed by atoms with Gasteiger partial charge in [-0.25, -0.2) is 0 Å². The van der Waals surface area contributed by atoms with Crippen LogP contribution in [0.3, 0.4) is 0 Å². The Hall–Kier alpha value is -1.56. The molecule has 27 heavy (non-hydrogen) atoms. The van der Waals surface area contributed by atoms with Crippen LogP contribution in [0.4, 0.5) is 0 Å². The summed E-state index contributed by atoms with van der Waals surface area (Å²) in [7, 11) is 1.70. The highest BCUT2D eigenvalue weighted by Gasteiger charge is 2.36. The smallest absolute Gasteiger partial charge is 0.164 e. The third-order valence-corrected chi connectivity index (χ3v) is 5.82. The van der Waals surface area contributed by atoms with Gasteiger partial charge in [-0.15, -0.1) is 6.58 Å². The van der Waals surface area contributed by atoms with Gasteiger partial charge in [0.2, 0.25) is 0 Å². The predicted molar refractivity (Wildman–Crippen MR) is 109 cm³/mol. The first-order valence-corrected chi connectivity index (χ1v) is 10.2. The number of nitrogens with zero attached hydrogens (tertiary/aromatic N) is 2. The third-order valence-electron chi connectivity index (χ3n) is 5.82. The summed E-state index contributed by atoms with van der Waals surface area (Å²) in [5, 5.41) is 9.54. The van der Waals surface area contributed by atoms with Crippen LogP contribution in [0.15, 0.2) is 24.8 Å². The molecular weight excluding hydrogens is 340 g/mol. The summed E-state index contributed by atoms with van der Waals surface area (Å²) >= 11 is 0. The quantitative estimate of drug-likeness (QED) is 0.674. The maximum absolute atomic E-state index is 9.54. The van der Waals surface area contributed by atoms with E-state index in [-0.39, 0.29) is 6.61 Å². The van der Waals surface area contributed by atoms with E-state index in [0.717, 1.165) is 49.5 Å². The van der Waals surface area contributed by atoms with E-state index in [9.17, 15) is 5.11 Å².